The first-order valence-electron chi connectivity index (χ1n) is 15.7. The molecular weight excluding hydrogens is 1240 g/mol. The topological polar surface area (TPSA) is 314 Å². The Bertz CT molecular complexity index is 2070. The van der Waals surface area contributed by atoms with Gasteiger partial charge in [0.15, 0.2) is 0 Å². The molecule has 6 aromatic rings. The molecular formula is C34H50ClI4N15O5. The van der Waals surface area contributed by atoms with Gasteiger partial charge in [0, 0.05) is 50.0 Å². The van der Waals surface area contributed by atoms with Gasteiger partial charge in [-0.05, 0) is 50.3 Å². The number of halogens is 5. The molecule has 0 fully saturated rings. The minimum Gasteiger partial charge on any atom is -0.400 e. The van der Waals surface area contributed by atoms with Crippen LogP contribution in [0.4, 0.5) is 34.5 Å². The van der Waals surface area contributed by atoms with Crippen LogP contribution < -0.4 is 22.9 Å². The SMILES string of the molecule is C.C.CC(I)(I)I.CCI.CO.Cc1cn(-c2ccnc(N)c2N)cn1.Cc1cn(-c2ccnc(N)c2[N+](=O)[O-])cn1.Cc1cnc[nH]1.Nc1nccc(Cl)c1[N+](=O)[O-]. The zero-order valence-electron chi connectivity index (χ0n) is 31.4. The third-order valence-corrected chi connectivity index (χ3v) is 6.12. The number of imidazole rings is 3. The van der Waals surface area contributed by atoms with Crippen LogP contribution in [-0.2, 0) is 0 Å². The second-order valence-corrected chi connectivity index (χ2v) is 25.0. The summed E-state index contributed by atoms with van der Waals surface area (Å²) in [5.74, 6) is 0.0743. The minimum absolute atomic E-state index is 0. The summed E-state index contributed by atoms with van der Waals surface area (Å²) >= 11 is 14.8. The van der Waals surface area contributed by atoms with Gasteiger partial charge in [0.05, 0.1) is 51.6 Å². The maximum absolute atomic E-state index is 10.9. The van der Waals surface area contributed by atoms with E-state index in [4.69, 9.17) is 39.6 Å². The van der Waals surface area contributed by atoms with Gasteiger partial charge in [0.1, 0.15) is 16.0 Å². The van der Waals surface area contributed by atoms with Gasteiger partial charge in [-0.2, -0.15) is 0 Å². The summed E-state index contributed by atoms with van der Waals surface area (Å²) in [4.78, 5) is 45.8. The summed E-state index contributed by atoms with van der Waals surface area (Å²) < 4.78 is 5.00. The van der Waals surface area contributed by atoms with Crippen molar-refractivity contribution in [3.63, 3.8) is 0 Å². The molecule has 20 nitrogen and oxygen atoms in total. The molecule has 0 aliphatic rings. The number of hydrogen-bond donors (Lipinski definition) is 6. The molecule has 0 radical (unpaired) electrons. The lowest BCUT2D eigenvalue weighted by molar-refractivity contribution is -0.384. The number of nitrogen functional groups attached to an aromatic ring is 4. The Morgan fingerprint density at radius 2 is 1.17 bits per heavy atom. The Morgan fingerprint density at radius 1 is 0.780 bits per heavy atom. The summed E-state index contributed by atoms with van der Waals surface area (Å²) in [5.41, 5.74) is 25.9. The van der Waals surface area contributed by atoms with Gasteiger partial charge in [-0.25, -0.2) is 29.9 Å². The number of nitrogens with zero attached hydrogens (tertiary/aromatic N) is 10. The fourth-order valence-corrected chi connectivity index (χ4v) is 3.84. The number of aromatic nitrogens is 9. The highest BCUT2D eigenvalue weighted by Crippen LogP contribution is 2.33. The van der Waals surface area contributed by atoms with Crippen molar-refractivity contribution in [3.05, 3.63) is 117 Å². The van der Waals surface area contributed by atoms with E-state index in [1.165, 1.54) is 35.3 Å². The van der Waals surface area contributed by atoms with Crippen molar-refractivity contribution in [2.24, 2.45) is 0 Å². The number of nitro groups is 2. The third-order valence-electron chi connectivity index (χ3n) is 5.81. The van der Waals surface area contributed by atoms with Gasteiger partial charge in [0.2, 0.25) is 11.6 Å². The molecule has 0 saturated heterocycles. The zero-order chi connectivity index (χ0) is 43.9. The van der Waals surface area contributed by atoms with Crippen molar-refractivity contribution in [1.82, 2.24) is 44.0 Å². The van der Waals surface area contributed by atoms with E-state index in [1.54, 1.807) is 48.8 Å². The summed E-state index contributed by atoms with van der Waals surface area (Å²) in [6.07, 6.45) is 14.5. The van der Waals surface area contributed by atoms with Gasteiger partial charge in [0.25, 0.3) is 0 Å². The number of alkyl halides is 4. The molecule has 59 heavy (non-hydrogen) atoms. The minimum atomic E-state index is -0.662. The number of aliphatic hydroxyl groups is 1. The second-order valence-electron chi connectivity index (χ2n) is 10.4. The first-order valence-corrected chi connectivity index (χ1v) is 20.8. The van der Waals surface area contributed by atoms with Crippen molar-refractivity contribution < 1.29 is 15.0 Å². The molecule has 6 rings (SSSR count). The molecule has 25 heteroatoms. The predicted octanol–water partition coefficient (Wildman–Crippen LogP) is 9.04. The zero-order valence-corrected chi connectivity index (χ0v) is 40.8. The number of H-pyrrole nitrogens is 1. The number of aliphatic hydroxyl groups excluding tert-OH is 1. The molecule has 0 aliphatic heterocycles. The summed E-state index contributed by atoms with van der Waals surface area (Å²) in [5, 5.41) is 28.1. The van der Waals surface area contributed by atoms with Crippen molar-refractivity contribution in [1.29, 1.82) is 0 Å². The van der Waals surface area contributed by atoms with Crippen LogP contribution in [0, 0.1) is 41.0 Å². The van der Waals surface area contributed by atoms with Gasteiger partial charge in [-0.3, -0.25) is 24.8 Å². The van der Waals surface area contributed by atoms with E-state index in [0.29, 0.717) is 16.6 Å². The summed E-state index contributed by atoms with van der Waals surface area (Å²) in [6.45, 7) is 9.94. The van der Waals surface area contributed by atoms with E-state index in [9.17, 15) is 20.2 Å². The van der Waals surface area contributed by atoms with Crippen LogP contribution in [0.5, 0.6) is 0 Å². The molecule has 0 atom stereocenters. The standard InChI is InChI=1S/C9H9N5O2.C9H11N5.C5H4ClN3O2.C4H6N2.C2H3I3.C2H5I.CH4O.2CH4/c1-6-4-13(5-12-6)7-2-3-11-9(10)8(7)14(15)16;1-6-4-14(5-13-6)7-2-3-12-9(11)8(7)10;6-3-1-2-8-5(7)4(3)9(10)11;1-4-2-5-3-6-4;1-2(3,4)5;1-2-3;1-2;;/h2-5H,1H3,(H2,10,11);2-5H,10H2,1H3,(H2,11,12);1-2H,(H2,7,8);2-3H,1H3,(H,5,6);1H3;2H2,1H3;2H,1H3;2*1H4. The van der Waals surface area contributed by atoms with Crippen molar-refractivity contribution in [3.8, 4) is 11.4 Å². The fraction of sp³-hybridized carbons (Fsp3) is 0.294. The van der Waals surface area contributed by atoms with Crippen molar-refractivity contribution in [2.75, 3.05) is 34.5 Å². The number of nitrogens with two attached hydrogens (primary N) is 4. The lowest BCUT2D eigenvalue weighted by Gasteiger charge is -2.06. The Morgan fingerprint density at radius 3 is 1.49 bits per heavy atom. The molecule has 0 aromatic carbocycles. The Balaban J connectivity index is -0.000000671. The number of aromatic amines is 1. The second kappa shape index (κ2) is 31.2. The molecule has 326 valence electrons. The largest absolute Gasteiger partial charge is 0.400 e. The maximum atomic E-state index is 10.9. The molecule has 0 amide bonds. The van der Waals surface area contributed by atoms with E-state index in [1.807, 2.05) is 24.6 Å². The van der Waals surface area contributed by atoms with E-state index < -0.39 is 9.85 Å². The molecule has 6 heterocycles. The first-order chi connectivity index (χ1) is 26.7. The molecule has 10 N–H and O–H groups in total. The summed E-state index contributed by atoms with van der Waals surface area (Å²) in [7, 11) is 1.00. The first kappa shape index (κ1) is 59.6. The number of nitrogens with one attached hydrogen (secondary N) is 1. The van der Waals surface area contributed by atoms with E-state index in [-0.39, 0.29) is 42.9 Å². The van der Waals surface area contributed by atoms with Gasteiger partial charge in [-0.1, -0.05) is 124 Å². The molecule has 6 aromatic heterocycles. The van der Waals surface area contributed by atoms with Crippen molar-refractivity contribution >= 4 is 136 Å². The highest BCUT2D eigenvalue weighted by Gasteiger charge is 2.20. The lowest BCUT2D eigenvalue weighted by Crippen LogP contribution is -2.03. The lowest BCUT2D eigenvalue weighted by atomic mass is 10.3. The number of anilines is 4. The van der Waals surface area contributed by atoms with Crippen molar-refractivity contribution in [2.45, 2.75) is 48.9 Å². The van der Waals surface area contributed by atoms with Crippen LogP contribution >= 0.6 is 102 Å². The van der Waals surface area contributed by atoms with Gasteiger partial charge in [-0.15, -0.1) is 0 Å². The smallest absolute Gasteiger partial charge is 0.334 e. The van der Waals surface area contributed by atoms with Crippen LogP contribution in [0.15, 0.2) is 74.4 Å². The normalized spacial score (nSPS) is 9.36. The maximum Gasteiger partial charge on any atom is 0.334 e. The predicted molar refractivity (Wildman–Crippen MR) is 272 cm³/mol. The average Bonchev–Trinajstić information content (AvgIpc) is 3.90. The summed E-state index contributed by atoms with van der Waals surface area (Å²) in [6, 6.07) is 4.64. The van der Waals surface area contributed by atoms with Crippen LogP contribution in [-0.4, -0.2) is 69.9 Å². The van der Waals surface area contributed by atoms with E-state index in [0.717, 1.165) is 29.9 Å². The molecule has 0 spiro atoms. The highest BCUT2D eigenvalue weighted by atomic mass is 127. The molecule has 0 unspecified atom stereocenters. The molecule has 0 saturated carbocycles. The van der Waals surface area contributed by atoms with Crippen LogP contribution in [0.1, 0.15) is 45.8 Å². The Hall–Kier alpha value is -3.75. The number of hydrogen-bond acceptors (Lipinski definition) is 15. The molecule has 0 bridgehead atoms. The van der Waals surface area contributed by atoms with Crippen LogP contribution in [0.25, 0.3) is 11.4 Å². The quantitative estimate of drug-likeness (QED) is 0.0415. The van der Waals surface area contributed by atoms with Crippen LogP contribution in [0.3, 0.4) is 0 Å². The van der Waals surface area contributed by atoms with Gasteiger partial charge < -0.3 is 37.6 Å². The Labute approximate surface area is 403 Å². The number of rotatable bonds is 4. The highest BCUT2D eigenvalue weighted by molar-refractivity contribution is 14.3. The van der Waals surface area contributed by atoms with Crippen LogP contribution in [0.2, 0.25) is 5.02 Å². The van der Waals surface area contributed by atoms with Gasteiger partial charge >= 0.3 is 11.4 Å². The van der Waals surface area contributed by atoms with E-state index in [2.05, 4.69) is 139 Å². The fourth-order valence-electron chi connectivity index (χ4n) is 3.62. The van der Waals surface area contributed by atoms with E-state index >= 15 is 0 Å². The number of aryl methyl sites for hydroxylation is 3. The third kappa shape index (κ3) is 23.6. The monoisotopic (exact) mass is 1290 g/mol. The number of pyridine rings is 3. The average molecular weight is 1290 g/mol. The Kier molecular flexibility index (Phi) is 31.5. The molecule has 0 aliphatic carbocycles.